The molecule has 0 saturated carbocycles. The van der Waals surface area contributed by atoms with E-state index < -0.39 is 11.9 Å². The van der Waals surface area contributed by atoms with Gasteiger partial charge in [0, 0.05) is 25.2 Å². The number of hydrogen-bond donors (Lipinski definition) is 5. The van der Waals surface area contributed by atoms with Gasteiger partial charge >= 0.3 is 11.9 Å². The Morgan fingerprint density at radius 1 is 1.16 bits per heavy atom. The van der Waals surface area contributed by atoms with Crippen molar-refractivity contribution >= 4 is 35.0 Å². The molecule has 0 atom stereocenters. The smallest absolute Gasteiger partial charge is 0.328 e. The Labute approximate surface area is 150 Å². The lowest BCUT2D eigenvalue weighted by Crippen LogP contribution is -2.32. The van der Waals surface area contributed by atoms with Crippen LogP contribution in [-0.4, -0.2) is 54.6 Å². The van der Waals surface area contributed by atoms with Crippen molar-refractivity contribution in [3.05, 3.63) is 30.4 Å². The van der Waals surface area contributed by atoms with E-state index in [2.05, 4.69) is 10.6 Å². The minimum atomic E-state index is -1.26. The normalized spacial score (nSPS) is 9.56. The van der Waals surface area contributed by atoms with E-state index in [1.165, 1.54) is 0 Å². The predicted octanol–water partition coefficient (Wildman–Crippen LogP) is 0.661. The molecule has 0 saturated heterocycles. The number of nitrogens with one attached hydrogen (secondary N) is 2. The van der Waals surface area contributed by atoms with Gasteiger partial charge in [0.25, 0.3) is 0 Å². The highest BCUT2D eigenvalue weighted by Gasteiger charge is 2.10. The fourth-order valence-electron chi connectivity index (χ4n) is 1.46. The molecule has 1 aromatic rings. The second-order valence-corrected chi connectivity index (χ2v) is 4.63. The molecule has 0 aliphatic heterocycles. The van der Waals surface area contributed by atoms with Crippen molar-refractivity contribution in [3.8, 4) is 11.5 Å². The van der Waals surface area contributed by atoms with Crippen molar-refractivity contribution in [2.24, 2.45) is 5.73 Å². The van der Waals surface area contributed by atoms with Crippen molar-refractivity contribution in [2.45, 2.75) is 0 Å². The lowest BCUT2D eigenvalue weighted by Gasteiger charge is -2.15. The van der Waals surface area contributed by atoms with Crippen molar-refractivity contribution in [1.82, 2.24) is 5.32 Å². The molecule has 0 radical (unpaired) electrons. The maximum Gasteiger partial charge on any atom is 0.328 e. The first kappa shape index (κ1) is 22.1. The third-order valence-electron chi connectivity index (χ3n) is 2.46. The Hall–Kier alpha value is -2.85. The topological polar surface area (TPSA) is 143 Å². The first-order chi connectivity index (χ1) is 11.8. The molecule has 0 fully saturated rings. The largest absolute Gasteiger partial charge is 0.494 e. The fraction of sp³-hybridized carbons (Fsp3) is 0.267. The molecule has 0 aromatic heterocycles. The Bertz CT molecular complexity index is 583. The van der Waals surface area contributed by atoms with Crippen LogP contribution in [0.2, 0.25) is 0 Å². The Balaban J connectivity index is 0.000000609. The van der Waals surface area contributed by atoms with E-state index in [-0.39, 0.29) is 0 Å². The first-order valence-electron chi connectivity index (χ1n) is 6.95. The maximum absolute atomic E-state index is 9.55. The van der Waals surface area contributed by atoms with E-state index in [1.54, 1.807) is 14.2 Å². The van der Waals surface area contributed by atoms with Gasteiger partial charge in [-0.1, -0.05) is 6.07 Å². The number of benzene rings is 1. The fourth-order valence-corrected chi connectivity index (χ4v) is 1.66. The molecular weight excluding hydrogens is 350 g/mol. The number of carbonyl (C=O) groups is 2. The summed E-state index contributed by atoms with van der Waals surface area (Å²) in [6.45, 7) is 1.13. The quantitative estimate of drug-likeness (QED) is 0.342. The number of aliphatic carboxylic acids is 2. The second-order valence-electron chi connectivity index (χ2n) is 4.22. The average Bonchev–Trinajstić information content (AvgIpc) is 2.58. The summed E-state index contributed by atoms with van der Waals surface area (Å²) in [6.07, 6.45) is 1.12. The molecular formula is C15H21N3O6S. The molecule has 0 aliphatic rings. The van der Waals surface area contributed by atoms with Crippen molar-refractivity contribution in [2.75, 3.05) is 32.6 Å². The SMILES string of the molecule is COc1cccc(OC)c1NC(=S)NCCN.O=C(O)/C=C\C(=O)O. The zero-order chi connectivity index (χ0) is 19.2. The van der Waals surface area contributed by atoms with Crippen LogP contribution in [0.4, 0.5) is 5.69 Å². The molecule has 10 heteroatoms. The number of rotatable bonds is 7. The molecule has 138 valence electrons. The summed E-state index contributed by atoms with van der Waals surface area (Å²) in [6, 6.07) is 5.51. The van der Waals surface area contributed by atoms with Gasteiger partial charge in [0.05, 0.1) is 14.2 Å². The summed E-state index contributed by atoms with van der Waals surface area (Å²) in [4.78, 5) is 19.1. The van der Waals surface area contributed by atoms with E-state index in [9.17, 15) is 9.59 Å². The summed E-state index contributed by atoms with van der Waals surface area (Å²) >= 11 is 5.13. The van der Waals surface area contributed by atoms with Gasteiger partial charge in [-0.2, -0.15) is 0 Å². The number of carboxylic acid groups (broad SMARTS) is 2. The highest BCUT2D eigenvalue weighted by atomic mass is 32.1. The third kappa shape index (κ3) is 9.79. The van der Waals surface area contributed by atoms with E-state index in [1.807, 2.05) is 18.2 Å². The lowest BCUT2D eigenvalue weighted by atomic mass is 10.2. The van der Waals surface area contributed by atoms with Crippen LogP contribution < -0.4 is 25.8 Å². The minimum absolute atomic E-state index is 0.484. The van der Waals surface area contributed by atoms with Crippen LogP contribution in [0, 0.1) is 0 Å². The van der Waals surface area contributed by atoms with Gasteiger partial charge in [0.1, 0.15) is 17.2 Å². The van der Waals surface area contributed by atoms with Gasteiger partial charge < -0.3 is 36.1 Å². The summed E-state index contributed by atoms with van der Waals surface area (Å²) in [5.41, 5.74) is 6.08. The number of carboxylic acids is 2. The third-order valence-corrected chi connectivity index (χ3v) is 2.71. The molecule has 25 heavy (non-hydrogen) atoms. The number of nitrogens with two attached hydrogens (primary N) is 1. The molecule has 0 aliphatic carbocycles. The maximum atomic E-state index is 9.55. The Morgan fingerprint density at radius 3 is 2.00 bits per heavy atom. The molecule has 0 bridgehead atoms. The number of methoxy groups -OCH3 is 2. The van der Waals surface area contributed by atoms with Crippen LogP contribution in [0.3, 0.4) is 0 Å². The highest BCUT2D eigenvalue weighted by Crippen LogP contribution is 2.33. The van der Waals surface area contributed by atoms with E-state index >= 15 is 0 Å². The molecule has 0 unspecified atom stereocenters. The summed E-state index contributed by atoms with van der Waals surface area (Å²) < 4.78 is 10.5. The van der Waals surface area contributed by atoms with Crippen molar-refractivity contribution < 1.29 is 29.3 Å². The average molecular weight is 371 g/mol. The summed E-state index contributed by atoms with van der Waals surface area (Å²) in [5, 5.41) is 22.1. The predicted molar refractivity (Wildman–Crippen MR) is 97.2 cm³/mol. The molecule has 1 aromatic carbocycles. The van der Waals surface area contributed by atoms with Crippen LogP contribution in [0.25, 0.3) is 0 Å². The van der Waals surface area contributed by atoms with Crippen LogP contribution >= 0.6 is 12.2 Å². The number of thiocarbonyl (C=S) groups is 1. The monoisotopic (exact) mass is 371 g/mol. The molecule has 1 rings (SSSR count). The Kier molecular flexibility index (Phi) is 11.1. The Morgan fingerprint density at radius 2 is 1.64 bits per heavy atom. The zero-order valence-corrected chi connectivity index (χ0v) is 14.6. The summed E-state index contributed by atoms with van der Waals surface area (Å²) in [5.74, 6) is -1.18. The standard InChI is InChI=1S/C11H17N3O2S.C4H4O4/c1-15-8-4-3-5-9(16-2)10(8)14-11(17)13-7-6-12;5-3(6)1-2-4(7)8/h3-5H,6-7,12H2,1-2H3,(H2,13,14,17);1-2H,(H,5,6)(H,7,8)/b;2-1-. The van der Waals surface area contributed by atoms with Gasteiger partial charge in [0.15, 0.2) is 5.11 Å². The first-order valence-corrected chi connectivity index (χ1v) is 7.36. The van der Waals surface area contributed by atoms with Gasteiger partial charge in [0.2, 0.25) is 0 Å². The minimum Gasteiger partial charge on any atom is -0.494 e. The van der Waals surface area contributed by atoms with Gasteiger partial charge in [-0.15, -0.1) is 0 Å². The number of anilines is 1. The van der Waals surface area contributed by atoms with Gasteiger partial charge in [-0.25, -0.2) is 9.59 Å². The second kappa shape index (κ2) is 12.6. The van der Waals surface area contributed by atoms with Crippen molar-refractivity contribution in [1.29, 1.82) is 0 Å². The number of para-hydroxylation sites is 1. The molecule has 0 amide bonds. The molecule has 0 heterocycles. The summed E-state index contributed by atoms with van der Waals surface area (Å²) in [7, 11) is 3.19. The highest BCUT2D eigenvalue weighted by molar-refractivity contribution is 7.80. The van der Waals surface area contributed by atoms with Gasteiger partial charge in [-0.05, 0) is 24.4 Å². The van der Waals surface area contributed by atoms with Crippen molar-refractivity contribution in [3.63, 3.8) is 0 Å². The number of hydrogen-bond acceptors (Lipinski definition) is 6. The molecule has 0 spiro atoms. The lowest BCUT2D eigenvalue weighted by molar-refractivity contribution is -0.134. The molecule has 9 nitrogen and oxygen atoms in total. The number of ether oxygens (including phenoxy) is 2. The zero-order valence-electron chi connectivity index (χ0n) is 13.8. The van der Waals surface area contributed by atoms with E-state index in [0.717, 1.165) is 0 Å². The van der Waals surface area contributed by atoms with Crippen LogP contribution in [0.1, 0.15) is 0 Å². The molecule has 6 N–H and O–H groups in total. The van der Waals surface area contributed by atoms with Crippen LogP contribution in [0.5, 0.6) is 11.5 Å². The van der Waals surface area contributed by atoms with Crippen LogP contribution in [0.15, 0.2) is 30.4 Å². The van der Waals surface area contributed by atoms with Gasteiger partial charge in [-0.3, -0.25) is 0 Å². The van der Waals surface area contributed by atoms with Crippen LogP contribution in [-0.2, 0) is 9.59 Å². The van der Waals surface area contributed by atoms with E-state index in [4.69, 9.17) is 37.6 Å². The van der Waals surface area contributed by atoms with E-state index in [0.29, 0.717) is 47.5 Å².